The van der Waals surface area contributed by atoms with Gasteiger partial charge < -0.3 is 33.7 Å². The lowest BCUT2D eigenvalue weighted by atomic mass is 10.2. The molecule has 52 heavy (non-hydrogen) atoms. The minimum absolute atomic E-state index is 0. The molecule has 0 radical (unpaired) electrons. The van der Waals surface area contributed by atoms with Gasteiger partial charge in [0.1, 0.15) is 28.4 Å². The number of hydrogen-bond donors (Lipinski definition) is 3. The number of benzene rings is 4. The average Bonchev–Trinajstić information content (AvgIpc) is 3.71. The first-order valence-electron chi connectivity index (χ1n) is 14.0. The Bertz CT molecular complexity index is 2390. The third kappa shape index (κ3) is 7.71. The van der Waals surface area contributed by atoms with Crippen molar-refractivity contribution < 1.29 is 49.8 Å². The number of hydrogen-bond acceptors (Lipinski definition) is 15. The number of nitrogens with one attached hydrogen (secondary N) is 2. The van der Waals surface area contributed by atoms with Gasteiger partial charge in [-0.15, -0.1) is 0 Å². The molecule has 0 aliphatic heterocycles. The van der Waals surface area contributed by atoms with Crippen molar-refractivity contribution in [2.75, 3.05) is 43.6 Å². The Morgan fingerprint density at radius 1 is 0.635 bits per heavy atom. The summed E-state index contributed by atoms with van der Waals surface area (Å²) >= 11 is 0. The number of ether oxygens (including phenoxy) is 4. The summed E-state index contributed by atoms with van der Waals surface area (Å²) < 4.78 is 86.5. The molecule has 0 aliphatic carbocycles. The lowest BCUT2D eigenvalue weighted by molar-refractivity contribution is -0.383. The van der Waals surface area contributed by atoms with E-state index in [4.69, 9.17) is 33.7 Å². The number of nitrogens with zero attached hydrogens (tertiary/aromatic N) is 3. The maximum Gasteiger partial charge on any atom is 0.284 e. The highest BCUT2D eigenvalue weighted by atomic mass is 32.2. The van der Waals surface area contributed by atoms with Gasteiger partial charge in [0.2, 0.25) is 0 Å². The molecular formula is C32H36N6O12S2. The number of sulfonamides is 2. The highest BCUT2D eigenvalue weighted by Crippen LogP contribution is 2.38. The predicted octanol–water partition coefficient (Wildman–Crippen LogP) is 6.05. The number of aromatic nitrogens is 2. The number of methoxy groups -OCH3 is 4. The van der Waals surface area contributed by atoms with Crippen LogP contribution >= 0.6 is 0 Å². The fraction of sp³-hybridized carbons (Fsp3) is 0.188. The van der Waals surface area contributed by atoms with Gasteiger partial charge in [-0.2, -0.15) is 0 Å². The standard InChI is InChI=1S/C15H13N3O7S.C15H15N3O5S.2CH4/c1-23-11-7-4-8-12(24-2)14(11)26(21,22)17-15-13-9(18(19)20)5-3-6-10(13)25-16-15;1-21-11-7-4-8-12(22-2)14(11)24(19,20)18-15-13-9(16)5-3-6-10(13)23-17-15;;/h3-8H,1-2H3,(H,16,17);3-8H,16H2,1-2H3,(H,17,18);2*1H4. The molecule has 0 saturated heterocycles. The van der Waals surface area contributed by atoms with Crippen molar-refractivity contribution in [1.82, 2.24) is 10.3 Å². The Hall–Kier alpha value is -6.28. The highest BCUT2D eigenvalue weighted by molar-refractivity contribution is 7.93. The lowest BCUT2D eigenvalue weighted by Gasteiger charge is -2.13. The van der Waals surface area contributed by atoms with Gasteiger partial charge in [-0.05, 0) is 42.5 Å². The maximum absolute atomic E-state index is 12.9. The van der Waals surface area contributed by atoms with Gasteiger partial charge in [0.15, 0.2) is 32.6 Å². The summed E-state index contributed by atoms with van der Waals surface area (Å²) in [6.45, 7) is 0. The molecule has 278 valence electrons. The van der Waals surface area contributed by atoms with E-state index in [0.717, 1.165) is 0 Å². The second-order valence-corrected chi connectivity index (χ2v) is 13.1. The monoisotopic (exact) mass is 760 g/mol. The van der Waals surface area contributed by atoms with Crippen LogP contribution in [0.1, 0.15) is 14.9 Å². The van der Waals surface area contributed by atoms with Gasteiger partial charge in [-0.25, -0.2) is 16.8 Å². The smallest absolute Gasteiger partial charge is 0.284 e. The Kier molecular flexibility index (Phi) is 12.5. The topological polar surface area (TPSA) is 250 Å². The van der Waals surface area contributed by atoms with Crippen LogP contribution in [-0.2, 0) is 20.0 Å². The first-order chi connectivity index (χ1) is 23.9. The molecule has 4 aromatic carbocycles. The zero-order valence-electron chi connectivity index (χ0n) is 26.6. The third-order valence-electron chi connectivity index (χ3n) is 6.97. The van der Waals surface area contributed by atoms with Crippen LogP contribution < -0.4 is 34.1 Å². The van der Waals surface area contributed by atoms with E-state index < -0.39 is 25.0 Å². The van der Waals surface area contributed by atoms with Crippen molar-refractivity contribution >= 4 is 65.0 Å². The van der Waals surface area contributed by atoms with Gasteiger partial charge in [0.05, 0.1) is 38.7 Å². The predicted molar refractivity (Wildman–Crippen MR) is 193 cm³/mol. The molecule has 6 rings (SSSR count). The van der Waals surface area contributed by atoms with Crippen LogP contribution in [0.4, 0.5) is 23.0 Å². The van der Waals surface area contributed by atoms with Crippen molar-refractivity contribution in [3.8, 4) is 23.0 Å². The molecule has 18 nitrogen and oxygen atoms in total. The molecule has 20 heteroatoms. The Morgan fingerprint density at radius 3 is 1.40 bits per heavy atom. The highest BCUT2D eigenvalue weighted by Gasteiger charge is 2.30. The number of nitro benzene ring substituents is 1. The molecule has 0 spiro atoms. The zero-order valence-corrected chi connectivity index (χ0v) is 28.2. The Morgan fingerprint density at radius 2 is 1.00 bits per heavy atom. The largest absolute Gasteiger partial charge is 0.495 e. The van der Waals surface area contributed by atoms with Crippen LogP contribution in [0.3, 0.4) is 0 Å². The minimum atomic E-state index is -4.25. The Labute approximate surface area is 298 Å². The molecule has 0 fully saturated rings. The number of rotatable bonds is 11. The Balaban J connectivity index is 0.000000271. The van der Waals surface area contributed by atoms with Gasteiger partial charge in [0.25, 0.3) is 25.7 Å². The van der Waals surface area contributed by atoms with Crippen LogP contribution in [0.2, 0.25) is 0 Å². The summed E-state index contributed by atoms with van der Waals surface area (Å²) in [7, 11) is -2.94. The van der Waals surface area contributed by atoms with Gasteiger partial charge in [-0.1, -0.05) is 49.4 Å². The molecule has 0 aliphatic rings. The zero-order chi connectivity index (χ0) is 36.2. The lowest BCUT2D eigenvalue weighted by Crippen LogP contribution is -2.15. The van der Waals surface area contributed by atoms with Crippen LogP contribution in [-0.4, -0.2) is 60.5 Å². The number of anilines is 3. The molecule has 0 amide bonds. The van der Waals surface area contributed by atoms with E-state index in [9.17, 15) is 26.9 Å². The fourth-order valence-electron chi connectivity index (χ4n) is 4.80. The summed E-state index contributed by atoms with van der Waals surface area (Å²) in [5.74, 6) is 0.0554. The van der Waals surface area contributed by atoms with E-state index in [0.29, 0.717) is 16.7 Å². The molecular weight excluding hydrogens is 725 g/mol. The van der Waals surface area contributed by atoms with E-state index >= 15 is 0 Å². The van der Waals surface area contributed by atoms with E-state index in [-0.39, 0.29) is 75.9 Å². The third-order valence-corrected chi connectivity index (χ3v) is 9.77. The van der Waals surface area contributed by atoms with E-state index in [2.05, 4.69) is 19.8 Å². The quantitative estimate of drug-likeness (QED) is 0.0772. The summed E-state index contributed by atoms with van der Waals surface area (Å²) in [6.07, 6.45) is 0. The van der Waals surface area contributed by atoms with Crippen LogP contribution in [0, 0.1) is 10.1 Å². The molecule has 4 N–H and O–H groups in total. The van der Waals surface area contributed by atoms with Gasteiger partial charge in [-0.3, -0.25) is 19.6 Å². The van der Waals surface area contributed by atoms with E-state index in [1.54, 1.807) is 30.3 Å². The van der Waals surface area contributed by atoms with Crippen molar-refractivity contribution in [2.45, 2.75) is 24.6 Å². The molecule has 6 aromatic rings. The number of fused-ring (bicyclic) bond motifs is 2. The molecule has 0 atom stereocenters. The minimum Gasteiger partial charge on any atom is -0.495 e. The van der Waals surface area contributed by atoms with Crippen molar-refractivity contribution in [2.24, 2.45) is 0 Å². The first-order valence-corrected chi connectivity index (χ1v) is 17.0. The molecule has 2 aromatic heterocycles. The SMILES string of the molecule is C.C.COc1cccc(OC)c1S(=O)(=O)Nc1noc2cccc(N)c12.COc1cccc(OC)c1S(=O)(=O)Nc1noc2cccc([N+](=O)[O-])c12. The average molecular weight is 761 g/mol. The van der Waals surface area contributed by atoms with Crippen LogP contribution in [0.15, 0.2) is 91.6 Å². The number of non-ortho nitro benzene ring substituents is 1. The molecule has 0 saturated carbocycles. The maximum atomic E-state index is 12.9. The second-order valence-electron chi connectivity index (χ2n) is 9.88. The molecule has 2 heterocycles. The van der Waals surface area contributed by atoms with E-state index in [1.165, 1.54) is 70.9 Å². The number of nitro groups is 1. The summed E-state index contributed by atoms with van der Waals surface area (Å²) in [4.78, 5) is 10.2. The van der Waals surface area contributed by atoms with Crippen molar-refractivity contribution in [1.29, 1.82) is 0 Å². The van der Waals surface area contributed by atoms with Gasteiger partial charge >= 0.3 is 0 Å². The number of nitrogen functional groups attached to an aromatic ring is 1. The first kappa shape index (κ1) is 40.2. The van der Waals surface area contributed by atoms with Crippen LogP contribution in [0.5, 0.6) is 23.0 Å². The summed E-state index contributed by atoms with van der Waals surface area (Å²) in [5, 5.41) is 18.9. The van der Waals surface area contributed by atoms with Gasteiger partial charge in [0, 0.05) is 11.8 Å². The molecule has 0 unspecified atom stereocenters. The fourth-order valence-corrected chi connectivity index (χ4v) is 7.46. The normalized spacial score (nSPS) is 10.9. The second kappa shape index (κ2) is 16.2. The molecule has 0 bridgehead atoms. The summed E-state index contributed by atoms with van der Waals surface area (Å²) in [5.41, 5.74) is 6.34. The summed E-state index contributed by atoms with van der Waals surface area (Å²) in [6, 6.07) is 18.1. The number of nitrogens with two attached hydrogens (primary N) is 1. The van der Waals surface area contributed by atoms with Crippen molar-refractivity contribution in [3.63, 3.8) is 0 Å². The van der Waals surface area contributed by atoms with E-state index in [1.807, 2.05) is 0 Å². The van der Waals surface area contributed by atoms with Crippen molar-refractivity contribution in [3.05, 3.63) is 82.9 Å². The van der Waals surface area contributed by atoms with Crippen LogP contribution in [0.25, 0.3) is 21.9 Å².